The number of thiophene rings is 1. The first kappa shape index (κ1) is 19.5. The van der Waals surface area contributed by atoms with Crippen LogP contribution in [0.1, 0.15) is 24.0 Å². The van der Waals surface area contributed by atoms with Crippen LogP contribution in [0.25, 0.3) is 10.1 Å². The molecule has 0 spiro atoms. The molecule has 0 aliphatic carbocycles. The van der Waals surface area contributed by atoms with E-state index in [0.717, 1.165) is 41.6 Å². The third-order valence-corrected chi connectivity index (χ3v) is 6.45. The van der Waals surface area contributed by atoms with Crippen molar-refractivity contribution in [3.8, 4) is 0 Å². The molecule has 2 amide bonds. The van der Waals surface area contributed by atoms with Gasteiger partial charge in [-0.05, 0) is 52.9 Å². The molecule has 0 radical (unpaired) electrons. The van der Waals surface area contributed by atoms with Crippen LogP contribution in [0.4, 0.5) is 5.69 Å². The highest BCUT2D eigenvalue weighted by Crippen LogP contribution is 2.27. The second-order valence-corrected chi connectivity index (χ2v) is 8.47. The quantitative estimate of drug-likeness (QED) is 0.657. The molecule has 2 aromatic carbocycles. The Morgan fingerprint density at radius 2 is 1.93 bits per heavy atom. The van der Waals surface area contributed by atoms with Gasteiger partial charge in [0.25, 0.3) is 0 Å². The zero-order valence-electron chi connectivity index (χ0n) is 16.3. The van der Waals surface area contributed by atoms with Crippen molar-refractivity contribution >= 4 is 38.9 Å². The number of amides is 2. The van der Waals surface area contributed by atoms with E-state index in [1.807, 2.05) is 30.3 Å². The number of para-hydroxylation sites is 1. The van der Waals surface area contributed by atoms with Gasteiger partial charge in [0.15, 0.2) is 0 Å². The summed E-state index contributed by atoms with van der Waals surface area (Å²) >= 11 is 1.69. The largest absolute Gasteiger partial charge is 0.370 e. The number of anilines is 1. The van der Waals surface area contributed by atoms with Crippen LogP contribution in [-0.4, -0.2) is 24.9 Å². The fraction of sp³-hybridized carbons (Fsp3) is 0.304. The zero-order chi connectivity index (χ0) is 20.2. The number of benzene rings is 2. The summed E-state index contributed by atoms with van der Waals surface area (Å²) in [5, 5.41) is 6.27. The monoisotopic (exact) mass is 407 g/mol. The molecule has 1 aromatic heterocycles. The third kappa shape index (κ3) is 4.43. The van der Waals surface area contributed by atoms with Crippen LogP contribution < -0.4 is 16.0 Å². The fourth-order valence-corrected chi connectivity index (χ4v) is 4.87. The number of rotatable bonds is 6. The maximum Gasteiger partial charge on any atom is 0.224 e. The van der Waals surface area contributed by atoms with Gasteiger partial charge < -0.3 is 16.0 Å². The molecule has 29 heavy (non-hydrogen) atoms. The predicted octanol–water partition coefficient (Wildman–Crippen LogP) is 3.46. The van der Waals surface area contributed by atoms with Gasteiger partial charge in [0, 0.05) is 30.0 Å². The molecule has 1 unspecified atom stereocenters. The molecule has 5 nitrogen and oxygen atoms in total. The second kappa shape index (κ2) is 8.66. The second-order valence-electron chi connectivity index (χ2n) is 7.52. The highest BCUT2D eigenvalue weighted by atomic mass is 32.1. The van der Waals surface area contributed by atoms with Crippen LogP contribution in [-0.2, 0) is 22.6 Å². The van der Waals surface area contributed by atoms with Gasteiger partial charge in [0.1, 0.15) is 0 Å². The summed E-state index contributed by atoms with van der Waals surface area (Å²) in [6.45, 7) is 2.00. The number of piperidine rings is 1. The number of hydrogen-bond donors (Lipinski definition) is 2. The van der Waals surface area contributed by atoms with Crippen LogP contribution in [0.2, 0.25) is 0 Å². The number of nitrogens with one attached hydrogen (secondary N) is 1. The molecule has 0 bridgehead atoms. The Hall–Kier alpha value is -2.86. The topological polar surface area (TPSA) is 75.4 Å². The summed E-state index contributed by atoms with van der Waals surface area (Å²) in [6, 6.07) is 16.2. The molecular weight excluding hydrogens is 382 g/mol. The van der Waals surface area contributed by atoms with Crippen molar-refractivity contribution in [1.29, 1.82) is 0 Å². The predicted molar refractivity (Wildman–Crippen MR) is 118 cm³/mol. The van der Waals surface area contributed by atoms with Gasteiger partial charge in [-0.2, -0.15) is 0 Å². The molecule has 3 N–H and O–H groups in total. The van der Waals surface area contributed by atoms with Crippen LogP contribution >= 0.6 is 11.3 Å². The highest BCUT2D eigenvalue weighted by molar-refractivity contribution is 7.17. The van der Waals surface area contributed by atoms with Crippen LogP contribution in [0.3, 0.4) is 0 Å². The van der Waals surface area contributed by atoms with E-state index in [9.17, 15) is 9.59 Å². The molecule has 2 heterocycles. The molecular formula is C23H25N3O2S. The lowest BCUT2D eigenvalue weighted by Crippen LogP contribution is -2.41. The zero-order valence-corrected chi connectivity index (χ0v) is 17.1. The summed E-state index contributed by atoms with van der Waals surface area (Å²) in [6.07, 6.45) is 2.15. The van der Waals surface area contributed by atoms with E-state index in [-0.39, 0.29) is 17.7 Å². The van der Waals surface area contributed by atoms with E-state index in [1.54, 1.807) is 11.3 Å². The number of fused-ring (bicyclic) bond motifs is 1. The Labute approximate surface area is 174 Å². The van der Waals surface area contributed by atoms with Crippen molar-refractivity contribution in [2.45, 2.75) is 25.8 Å². The molecule has 1 aliphatic rings. The summed E-state index contributed by atoms with van der Waals surface area (Å²) < 4.78 is 1.20. The first-order chi connectivity index (χ1) is 14.1. The fourth-order valence-electron chi connectivity index (χ4n) is 4.04. The molecule has 4 rings (SSSR count). The SMILES string of the molecule is NC(=O)C1CCCN(c2ccccc2CNC(=O)Cc2cccc3sccc23)C1. The molecule has 1 aliphatic heterocycles. The standard InChI is InChI=1S/C23H25N3O2S/c24-23(28)18-7-4-11-26(15-18)20-8-2-1-5-17(20)14-25-22(27)13-16-6-3-9-21-19(16)10-12-29-21/h1-3,5-6,8-10,12,18H,4,7,11,13-15H2,(H2,24,28)(H,25,27). The Kier molecular flexibility index (Phi) is 5.81. The molecule has 1 atom stereocenters. The molecule has 3 aromatic rings. The minimum Gasteiger partial charge on any atom is -0.370 e. The molecule has 1 fully saturated rings. The Bertz CT molecular complexity index is 1030. The highest BCUT2D eigenvalue weighted by Gasteiger charge is 2.25. The summed E-state index contributed by atoms with van der Waals surface area (Å²) in [7, 11) is 0. The van der Waals surface area contributed by atoms with E-state index in [0.29, 0.717) is 19.5 Å². The minimum atomic E-state index is -0.233. The molecule has 150 valence electrons. The Morgan fingerprint density at radius 3 is 2.79 bits per heavy atom. The van der Waals surface area contributed by atoms with Crippen molar-refractivity contribution in [2.24, 2.45) is 11.7 Å². The van der Waals surface area contributed by atoms with Gasteiger partial charge in [-0.3, -0.25) is 9.59 Å². The van der Waals surface area contributed by atoms with Crippen LogP contribution in [0.5, 0.6) is 0 Å². The number of carbonyl (C=O) groups excluding carboxylic acids is 2. The van der Waals surface area contributed by atoms with Crippen LogP contribution in [0.15, 0.2) is 53.9 Å². The van der Waals surface area contributed by atoms with Crippen molar-refractivity contribution < 1.29 is 9.59 Å². The molecule has 0 saturated carbocycles. The van der Waals surface area contributed by atoms with Crippen LogP contribution in [0, 0.1) is 5.92 Å². The number of primary amides is 1. The first-order valence-electron chi connectivity index (χ1n) is 9.96. The van der Waals surface area contributed by atoms with E-state index >= 15 is 0 Å². The normalized spacial score (nSPS) is 16.7. The van der Waals surface area contributed by atoms with Gasteiger partial charge in [-0.25, -0.2) is 0 Å². The lowest BCUT2D eigenvalue weighted by Gasteiger charge is -2.34. The lowest BCUT2D eigenvalue weighted by molar-refractivity contribution is -0.122. The van der Waals surface area contributed by atoms with Crippen molar-refractivity contribution in [2.75, 3.05) is 18.0 Å². The maximum absolute atomic E-state index is 12.6. The summed E-state index contributed by atoms with van der Waals surface area (Å²) in [5.74, 6) is -0.340. The van der Waals surface area contributed by atoms with Gasteiger partial charge in [0.05, 0.1) is 12.3 Å². The van der Waals surface area contributed by atoms with E-state index in [1.165, 1.54) is 4.70 Å². The van der Waals surface area contributed by atoms with Gasteiger partial charge >= 0.3 is 0 Å². The smallest absolute Gasteiger partial charge is 0.224 e. The minimum absolute atomic E-state index is 0.00663. The van der Waals surface area contributed by atoms with Gasteiger partial charge in [-0.1, -0.05) is 30.3 Å². The third-order valence-electron chi connectivity index (χ3n) is 5.57. The van der Waals surface area contributed by atoms with Crippen molar-refractivity contribution in [1.82, 2.24) is 5.32 Å². The van der Waals surface area contributed by atoms with Gasteiger partial charge in [-0.15, -0.1) is 11.3 Å². The van der Waals surface area contributed by atoms with E-state index in [2.05, 4.69) is 33.8 Å². The average molecular weight is 408 g/mol. The number of nitrogens with two attached hydrogens (primary N) is 1. The van der Waals surface area contributed by atoms with Crippen molar-refractivity contribution in [3.63, 3.8) is 0 Å². The average Bonchev–Trinajstić information content (AvgIpc) is 3.22. The number of hydrogen-bond acceptors (Lipinski definition) is 4. The van der Waals surface area contributed by atoms with E-state index in [4.69, 9.17) is 5.73 Å². The number of carbonyl (C=O) groups is 2. The number of nitrogens with zero attached hydrogens (tertiary/aromatic N) is 1. The molecule has 1 saturated heterocycles. The Balaban J connectivity index is 1.43. The summed E-state index contributed by atoms with van der Waals surface area (Å²) in [4.78, 5) is 26.4. The first-order valence-corrected chi connectivity index (χ1v) is 10.8. The summed E-state index contributed by atoms with van der Waals surface area (Å²) in [5.41, 5.74) is 8.70. The maximum atomic E-state index is 12.6. The lowest BCUT2D eigenvalue weighted by atomic mass is 9.96. The van der Waals surface area contributed by atoms with Gasteiger partial charge in [0.2, 0.25) is 11.8 Å². The van der Waals surface area contributed by atoms with Crippen molar-refractivity contribution in [3.05, 3.63) is 65.0 Å². The molecule has 6 heteroatoms. The van der Waals surface area contributed by atoms with E-state index < -0.39 is 0 Å². The Morgan fingerprint density at radius 1 is 1.10 bits per heavy atom.